The number of amides is 1. The van der Waals surface area contributed by atoms with Crippen LogP contribution in [-0.4, -0.2) is 43.6 Å². The second-order valence-electron chi connectivity index (χ2n) is 6.39. The van der Waals surface area contributed by atoms with E-state index in [1.54, 1.807) is 19.3 Å². The standard InChI is InChI=1S/C17H23N5O/c1-12(2)22-17(6-7-19-22)16-10-18-9-15(20-16)14-5-4-8-21(11-14)13(3)23/h6-7,9-10,12,14H,4-5,8,11H2,1-3H3/t14-/m0/s1. The zero-order valence-electron chi connectivity index (χ0n) is 13.9. The maximum absolute atomic E-state index is 11.6. The molecule has 0 aliphatic carbocycles. The van der Waals surface area contributed by atoms with Crippen LogP contribution < -0.4 is 0 Å². The Hall–Kier alpha value is -2.24. The highest BCUT2D eigenvalue weighted by Gasteiger charge is 2.24. The average Bonchev–Trinajstić information content (AvgIpc) is 3.05. The summed E-state index contributed by atoms with van der Waals surface area (Å²) < 4.78 is 1.95. The molecule has 2 aromatic rings. The minimum atomic E-state index is 0.136. The van der Waals surface area contributed by atoms with E-state index in [0.717, 1.165) is 43.0 Å². The highest BCUT2D eigenvalue weighted by Crippen LogP contribution is 2.27. The molecule has 3 rings (SSSR count). The average molecular weight is 313 g/mol. The van der Waals surface area contributed by atoms with E-state index in [1.165, 1.54) is 0 Å². The highest BCUT2D eigenvalue weighted by atomic mass is 16.2. The van der Waals surface area contributed by atoms with Crippen LogP contribution in [-0.2, 0) is 4.79 Å². The summed E-state index contributed by atoms with van der Waals surface area (Å²) in [5, 5.41) is 4.37. The fraction of sp³-hybridized carbons (Fsp3) is 0.529. The van der Waals surface area contributed by atoms with Crippen LogP contribution >= 0.6 is 0 Å². The summed E-state index contributed by atoms with van der Waals surface area (Å²) >= 11 is 0. The third-order valence-corrected chi connectivity index (χ3v) is 4.36. The molecular weight excluding hydrogens is 290 g/mol. The molecule has 6 nitrogen and oxygen atoms in total. The van der Waals surface area contributed by atoms with E-state index in [0.29, 0.717) is 0 Å². The molecule has 0 N–H and O–H groups in total. The predicted molar refractivity (Wildman–Crippen MR) is 87.9 cm³/mol. The summed E-state index contributed by atoms with van der Waals surface area (Å²) in [5.41, 5.74) is 2.78. The van der Waals surface area contributed by atoms with Gasteiger partial charge in [0.15, 0.2) is 0 Å². The Bertz CT molecular complexity index is 694. The quantitative estimate of drug-likeness (QED) is 0.874. The monoisotopic (exact) mass is 313 g/mol. The Morgan fingerprint density at radius 3 is 2.91 bits per heavy atom. The van der Waals surface area contributed by atoms with Crippen LogP contribution in [0, 0.1) is 0 Å². The van der Waals surface area contributed by atoms with Crippen LogP contribution in [0.3, 0.4) is 0 Å². The molecule has 0 radical (unpaired) electrons. The number of rotatable bonds is 3. The number of carbonyl (C=O) groups is 1. The van der Waals surface area contributed by atoms with Crippen molar-refractivity contribution in [1.29, 1.82) is 0 Å². The molecule has 1 aliphatic heterocycles. The lowest BCUT2D eigenvalue weighted by atomic mass is 9.95. The van der Waals surface area contributed by atoms with Gasteiger partial charge in [0.05, 0.1) is 17.6 Å². The summed E-state index contributed by atoms with van der Waals surface area (Å²) in [4.78, 5) is 22.7. The van der Waals surface area contributed by atoms with Gasteiger partial charge < -0.3 is 4.90 Å². The summed E-state index contributed by atoms with van der Waals surface area (Å²) in [5.74, 6) is 0.396. The molecule has 0 unspecified atom stereocenters. The van der Waals surface area contributed by atoms with Crippen molar-refractivity contribution in [2.45, 2.75) is 45.6 Å². The molecule has 0 spiro atoms. The van der Waals surface area contributed by atoms with E-state index in [1.807, 2.05) is 21.8 Å². The fourth-order valence-electron chi connectivity index (χ4n) is 3.13. The number of nitrogens with zero attached hydrogens (tertiary/aromatic N) is 5. The van der Waals surface area contributed by atoms with Gasteiger partial charge in [-0.3, -0.25) is 14.5 Å². The number of aromatic nitrogens is 4. The van der Waals surface area contributed by atoms with Gasteiger partial charge in [-0.1, -0.05) is 0 Å². The Kier molecular flexibility index (Phi) is 4.41. The zero-order valence-corrected chi connectivity index (χ0v) is 13.9. The smallest absolute Gasteiger partial charge is 0.219 e. The van der Waals surface area contributed by atoms with Crippen LogP contribution in [0.1, 0.15) is 51.3 Å². The molecule has 1 aliphatic rings. The molecule has 1 fully saturated rings. The van der Waals surface area contributed by atoms with E-state index in [4.69, 9.17) is 4.98 Å². The van der Waals surface area contributed by atoms with Crippen molar-refractivity contribution in [3.63, 3.8) is 0 Å². The van der Waals surface area contributed by atoms with E-state index in [2.05, 4.69) is 23.9 Å². The third-order valence-electron chi connectivity index (χ3n) is 4.36. The SMILES string of the molecule is CC(=O)N1CCC[C@H](c2cncc(-c3ccnn3C(C)C)n2)C1. The lowest BCUT2D eigenvalue weighted by Gasteiger charge is -2.31. The molecule has 23 heavy (non-hydrogen) atoms. The molecule has 0 aromatic carbocycles. The maximum Gasteiger partial charge on any atom is 0.219 e. The van der Waals surface area contributed by atoms with Crippen molar-refractivity contribution in [1.82, 2.24) is 24.6 Å². The molecule has 122 valence electrons. The van der Waals surface area contributed by atoms with Gasteiger partial charge in [0, 0.05) is 44.4 Å². The van der Waals surface area contributed by atoms with Gasteiger partial charge in [0.2, 0.25) is 5.91 Å². The number of hydrogen-bond donors (Lipinski definition) is 0. The van der Waals surface area contributed by atoms with Crippen molar-refractivity contribution in [3.8, 4) is 11.4 Å². The minimum Gasteiger partial charge on any atom is -0.342 e. The van der Waals surface area contributed by atoms with E-state index < -0.39 is 0 Å². The van der Waals surface area contributed by atoms with Crippen molar-refractivity contribution < 1.29 is 4.79 Å². The normalized spacial score (nSPS) is 18.4. The Morgan fingerprint density at radius 2 is 2.17 bits per heavy atom. The molecule has 1 atom stereocenters. The Morgan fingerprint density at radius 1 is 1.35 bits per heavy atom. The van der Waals surface area contributed by atoms with Gasteiger partial charge in [-0.2, -0.15) is 5.10 Å². The summed E-state index contributed by atoms with van der Waals surface area (Å²) in [7, 11) is 0. The van der Waals surface area contributed by atoms with Gasteiger partial charge in [0.1, 0.15) is 5.69 Å². The molecule has 6 heteroatoms. The number of likely N-dealkylation sites (tertiary alicyclic amines) is 1. The molecule has 0 bridgehead atoms. The molecular formula is C17H23N5O. The summed E-state index contributed by atoms with van der Waals surface area (Å²) in [6, 6.07) is 2.24. The number of piperidine rings is 1. The van der Waals surface area contributed by atoms with Gasteiger partial charge in [-0.05, 0) is 32.8 Å². The van der Waals surface area contributed by atoms with Crippen molar-refractivity contribution >= 4 is 5.91 Å². The van der Waals surface area contributed by atoms with Crippen LogP contribution in [0.5, 0.6) is 0 Å². The van der Waals surface area contributed by atoms with Gasteiger partial charge in [-0.15, -0.1) is 0 Å². The Balaban J connectivity index is 1.88. The van der Waals surface area contributed by atoms with Crippen LogP contribution in [0.2, 0.25) is 0 Å². The molecule has 1 amide bonds. The van der Waals surface area contributed by atoms with Crippen molar-refractivity contribution in [2.24, 2.45) is 0 Å². The van der Waals surface area contributed by atoms with Crippen LogP contribution in [0.25, 0.3) is 11.4 Å². The lowest BCUT2D eigenvalue weighted by molar-refractivity contribution is -0.130. The summed E-state index contributed by atoms with van der Waals surface area (Å²) in [6.07, 6.45) is 7.46. The molecule has 2 aromatic heterocycles. The number of hydrogen-bond acceptors (Lipinski definition) is 4. The van der Waals surface area contributed by atoms with Crippen LogP contribution in [0.4, 0.5) is 0 Å². The first-order valence-electron chi connectivity index (χ1n) is 8.17. The first-order valence-corrected chi connectivity index (χ1v) is 8.17. The highest BCUT2D eigenvalue weighted by molar-refractivity contribution is 5.73. The lowest BCUT2D eigenvalue weighted by Crippen LogP contribution is -2.37. The fourth-order valence-corrected chi connectivity index (χ4v) is 3.13. The van der Waals surface area contributed by atoms with Crippen molar-refractivity contribution in [3.05, 3.63) is 30.4 Å². The Labute approximate surface area is 136 Å². The van der Waals surface area contributed by atoms with E-state index >= 15 is 0 Å². The third kappa shape index (κ3) is 3.25. The largest absolute Gasteiger partial charge is 0.342 e. The van der Waals surface area contributed by atoms with E-state index in [9.17, 15) is 4.79 Å². The van der Waals surface area contributed by atoms with Crippen LogP contribution in [0.15, 0.2) is 24.7 Å². The van der Waals surface area contributed by atoms with Gasteiger partial charge in [0.25, 0.3) is 0 Å². The van der Waals surface area contributed by atoms with Gasteiger partial charge >= 0.3 is 0 Å². The first kappa shape index (κ1) is 15.6. The topological polar surface area (TPSA) is 63.9 Å². The molecule has 0 saturated carbocycles. The van der Waals surface area contributed by atoms with E-state index in [-0.39, 0.29) is 17.9 Å². The molecule has 1 saturated heterocycles. The van der Waals surface area contributed by atoms with Gasteiger partial charge in [-0.25, -0.2) is 4.98 Å². The number of carbonyl (C=O) groups excluding carboxylic acids is 1. The zero-order chi connectivity index (χ0) is 16.4. The molecule has 3 heterocycles. The minimum absolute atomic E-state index is 0.136. The maximum atomic E-state index is 11.6. The second-order valence-corrected chi connectivity index (χ2v) is 6.39. The predicted octanol–water partition coefficient (Wildman–Crippen LogP) is 2.65. The van der Waals surface area contributed by atoms with Crippen molar-refractivity contribution in [2.75, 3.05) is 13.1 Å². The first-order chi connectivity index (χ1) is 11.1. The summed E-state index contributed by atoms with van der Waals surface area (Å²) in [6.45, 7) is 7.40. The second kappa shape index (κ2) is 6.48.